The van der Waals surface area contributed by atoms with Crippen LogP contribution in [0.2, 0.25) is 0 Å². The number of aryl methyl sites for hydroxylation is 1. The van der Waals surface area contributed by atoms with Gasteiger partial charge < -0.3 is 5.73 Å². The molecule has 5 heteroatoms. The number of rotatable bonds is 1. The molecule has 0 atom stereocenters. The summed E-state index contributed by atoms with van der Waals surface area (Å²) in [6, 6.07) is 0. The third kappa shape index (κ3) is 2.44. The first-order valence-electron chi connectivity index (χ1n) is 5.43. The number of nitrogens with zero attached hydrogens (tertiary/aromatic N) is 3. The Morgan fingerprint density at radius 2 is 1.88 bits per heavy atom. The van der Waals surface area contributed by atoms with Crippen molar-refractivity contribution in [2.24, 2.45) is 0 Å². The molecule has 0 aliphatic carbocycles. The van der Waals surface area contributed by atoms with Crippen LogP contribution in [0.25, 0.3) is 11.4 Å². The van der Waals surface area contributed by atoms with Gasteiger partial charge in [0.1, 0.15) is 17.2 Å². The Kier molecular flexibility index (Phi) is 2.87. The van der Waals surface area contributed by atoms with Crippen LogP contribution < -0.4 is 5.73 Å². The zero-order valence-electron chi connectivity index (χ0n) is 10.5. The van der Waals surface area contributed by atoms with Gasteiger partial charge in [0.15, 0.2) is 0 Å². The molecule has 0 saturated heterocycles. The molecule has 0 spiro atoms. The number of hydrogen-bond acceptors (Lipinski definition) is 5. The number of nitrogen functional groups attached to an aromatic ring is 1. The molecule has 90 valence electrons. The summed E-state index contributed by atoms with van der Waals surface area (Å²) in [5, 5.41) is 3.01. The van der Waals surface area contributed by atoms with Crippen molar-refractivity contribution in [3.8, 4) is 11.4 Å². The third-order valence-electron chi connectivity index (χ3n) is 2.39. The lowest BCUT2D eigenvalue weighted by Crippen LogP contribution is -2.17. The predicted octanol–water partition coefficient (Wildman–Crippen LogP) is 2.79. The van der Waals surface area contributed by atoms with Crippen molar-refractivity contribution in [2.75, 3.05) is 5.73 Å². The first kappa shape index (κ1) is 12.0. The number of hydrogen-bond donors (Lipinski definition) is 1. The van der Waals surface area contributed by atoms with Crippen molar-refractivity contribution in [3.63, 3.8) is 0 Å². The predicted molar refractivity (Wildman–Crippen MR) is 71.0 cm³/mol. The normalized spacial score (nSPS) is 11.8. The van der Waals surface area contributed by atoms with E-state index in [2.05, 4.69) is 35.7 Å². The van der Waals surface area contributed by atoms with E-state index in [-0.39, 0.29) is 5.41 Å². The molecule has 4 nitrogen and oxygen atoms in total. The summed E-state index contributed by atoms with van der Waals surface area (Å²) in [7, 11) is 0. The zero-order chi connectivity index (χ0) is 12.6. The van der Waals surface area contributed by atoms with Gasteiger partial charge in [0.25, 0.3) is 0 Å². The molecule has 0 amide bonds. The summed E-state index contributed by atoms with van der Waals surface area (Å²) in [6.07, 6.45) is 1.68. The van der Waals surface area contributed by atoms with Crippen molar-refractivity contribution < 1.29 is 0 Å². The van der Waals surface area contributed by atoms with Crippen molar-refractivity contribution >= 4 is 17.2 Å². The molecule has 0 aromatic carbocycles. The molecule has 2 N–H and O–H groups in total. The summed E-state index contributed by atoms with van der Waals surface area (Å²) < 4.78 is 0. The van der Waals surface area contributed by atoms with Gasteiger partial charge in [-0.25, -0.2) is 15.0 Å². The maximum atomic E-state index is 5.87. The number of aromatic nitrogens is 3. The van der Waals surface area contributed by atoms with Crippen LogP contribution in [0.3, 0.4) is 0 Å². The smallest absolute Gasteiger partial charge is 0.145 e. The molecule has 2 aromatic rings. The van der Waals surface area contributed by atoms with E-state index in [0.717, 1.165) is 22.1 Å². The molecule has 2 heterocycles. The molecule has 2 aromatic heterocycles. The SMILES string of the molecule is Cc1nc(-c2cnc(N)c(C(C)(C)C)n2)cs1. The number of nitrogens with two attached hydrogens (primary N) is 1. The summed E-state index contributed by atoms with van der Waals surface area (Å²) in [5.41, 5.74) is 8.23. The highest BCUT2D eigenvalue weighted by Crippen LogP contribution is 2.27. The van der Waals surface area contributed by atoms with Gasteiger partial charge in [0.2, 0.25) is 0 Å². The van der Waals surface area contributed by atoms with E-state index in [1.165, 1.54) is 0 Å². The average molecular weight is 248 g/mol. The fourth-order valence-electron chi connectivity index (χ4n) is 1.55. The first-order chi connectivity index (χ1) is 7.88. The molecule has 0 unspecified atom stereocenters. The highest BCUT2D eigenvalue weighted by Gasteiger charge is 2.21. The van der Waals surface area contributed by atoms with Crippen LogP contribution in [0.1, 0.15) is 31.5 Å². The second-order valence-electron chi connectivity index (χ2n) is 4.99. The van der Waals surface area contributed by atoms with Crippen LogP contribution in [0.15, 0.2) is 11.6 Å². The first-order valence-corrected chi connectivity index (χ1v) is 6.31. The van der Waals surface area contributed by atoms with Crippen LogP contribution in [0, 0.1) is 6.92 Å². The van der Waals surface area contributed by atoms with Crippen LogP contribution >= 0.6 is 11.3 Å². The maximum Gasteiger partial charge on any atom is 0.145 e. The highest BCUT2D eigenvalue weighted by molar-refractivity contribution is 7.09. The van der Waals surface area contributed by atoms with Gasteiger partial charge >= 0.3 is 0 Å². The number of thiazole rings is 1. The van der Waals surface area contributed by atoms with Crippen molar-refractivity contribution in [2.45, 2.75) is 33.1 Å². The Morgan fingerprint density at radius 1 is 1.18 bits per heavy atom. The van der Waals surface area contributed by atoms with Crippen LogP contribution in [-0.2, 0) is 5.41 Å². The van der Waals surface area contributed by atoms with Gasteiger partial charge in [0.05, 0.1) is 16.9 Å². The average Bonchev–Trinajstić information content (AvgIpc) is 2.64. The minimum atomic E-state index is -0.113. The van der Waals surface area contributed by atoms with E-state index in [0.29, 0.717) is 5.82 Å². The summed E-state index contributed by atoms with van der Waals surface area (Å²) in [5.74, 6) is 0.494. The summed E-state index contributed by atoms with van der Waals surface area (Å²) >= 11 is 1.61. The fourth-order valence-corrected chi connectivity index (χ4v) is 2.16. The van der Waals surface area contributed by atoms with Crippen LogP contribution in [-0.4, -0.2) is 15.0 Å². The van der Waals surface area contributed by atoms with E-state index in [1.54, 1.807) is 17.5 Å². The third-order valence-corrected chi connectivity index (χ3v) is 3.17. The molecular weight excluding hydrogens is 232 g/mol. The quantitative estimate of drug-likeness (QED) is 0.842. The monoisotopic (exact) mass is 248 g/mol. The Hall–Kier alpha value is -1.49. The van der Waals surface area contributed by atoms with Crippen molar-refractivity contribution in [1.29, 1.82) is 0 Å². The molecule has 17 heavy (non-hydrogen) atoms. The lowest BCUT2D eigenvalue weighted by Gasteiger charge is -2.19. The van der Waals surface area contributed by atoms with Gasteiger partial charge in [-0.2, -0.15) is 0 Å². The zero-order valence-corrected chi connectivity index (χ0v) is 11.3. The topological polar surface area (TPSA) is 64.7 Å². The molecule has 0 aliphatic heterocycles. The van der Waals surface area contributed by atoms with Gasteiger partial charge in [-0.3, -0.25) is 0 Å². The second-order valence-corrected chi connectivity index (χ2v) is 6.05. The van der Waals surface area contributed by atoms with E-state index in [4.69, 9.17) is 5.73 Å². The summed E-state index contributed by atoms with van der Waals surface area (Å²) in [6.45, 7) is 8.19. The van der Waals surface area contributed by atoms with E-state index >= 15 is 0 Å². The minimum absolute atomic E-state index is 0.113. The van der Waals surface area contributed by atoms with Gasteiger partial charge in [-0.05, 0) is 6.92 Å². The van der Waals surface area contributed by atoms with Crippen LogP contribution in [0.5, 0.6) is 0 Å². The van der Waals surface area contributed by atoms with E-state index in [1.807, 2.05) is 12.3 Å². The molecule has 0 aliphatic rings. The molecule has 0 fully saturated rings. The molecule has 2 rings (SSSR count). The molecule has 0 saturated carbocycles. The number of anilines is 1. The summed E-state index contributed by atoms with van der Waals surface area (Å²) in [4.78, 5) is 13.2. The highest BCUT2D eigenvalue weighted by atomic mass is 32.1. The Labute approximate surface area is 105 Å². The maximum absolute atomic E-state index is 5.87. The Balaban J connectivity index is 2.51. The lowest BCUT2D eigenvalue weighted by molar-refractivity contribution is 0.569. The van der Waals surface area contributed by atoms with Gasteiger partial charge in [0, 0.05) is 10.8 Å². The van der Waals surface area contributed by atoms with Crippen LogP contribution in [0.4, 0.5) is 5.82 Å². The fraction of sp³-hybridized carbons (Fsp3) is 0.417. The second kappa shape index (κ2) is 4.07. The van der Waals surface area contributed by atoms with Gasteiger partial charge in [-0.1, -0.05) is 20.8 Å². The Morgan fingerprint density at radius 3 is 2.41 bits per heavy atom. The molecule has 0 bridgehead atoms. The van der Waals surface area contributed by atoms with Gasteiger partial charge in [-0.15, -0.1) is 11.3 Å². The van der Waals surface area contributed by atoms with E-state index < -0.39 is 0 Å². The van der Waals surface area contributed by atoms with E-state index in [9.17, 15) is 0 Å². The Bertz CT molecular complexity index is 540. The molecular formula is C12H16N4S. The lowest BCUT2D eigenvalue weighted by atomic mass is 9.91. The standard InChI is InChI=1S/C12H16N4S/c1-7-15-9(6-17-7)8-5-14-11(13)10(16-8)12(2,3)4/h5-6H,1-4H3,(H2,13,14). The molecule has 0 radical (unpaired) electrons. The van der Waals surface area contributed by atoms with Crippen molar-refractivity contribution in [3.05, 3.63) is 22.3 Å². The van der Waals surface area contributed by atoms with Crippen molar-refractivity contribution in [1.82, 2.24) is 15.0 Å². The minimum Gasteiger partial charge on any atom is -0.382 e. The largest absolute Gasteiger partial charge is 0.382 e.